The summed E-state index contributed by atoms with van der Waals surface area (Å²) < 4.78 is 54.4. The van der Waals surface area contributed by atoms with Crippen LogP contribution in [-0.2, 0) is 24.8 Å². The second kappa shape index (κ2) is 9.13. The van der Waals surface area contributed by atoms with Crippen molar-refractivity contribution in [2.75, 3.05) is 9.03 Å². The van der Waals surface area contributed by atoms with E-state index in [1.807, 2.05) is 0 Å². The molecule has 0 bridgehead atoms. The summed E-state index contributed by atoms with van der Waals surface area (Å²) in [7, 11) is -8.94. The van der Waals surface area contributed by atoms with E-state index in [1.165, 1.54) is 66.7 Å². The number of amides is 1. The quantitative estimate of drug-likeness (QED) is 0.556. The Morgan fingerprint density at radius 2 is 1.25 bits per heavy atom. The highest BCUT2D eigenvalue weighted by Crippen LogP contribution is 2.33. The Balaban J connectivity index is 2.18. The van der Waals surface area contributed by atoms with Gasteiger partial charge in [0.15, 0.2) is 0 Å². The summed E-state index contributed by atoms with van der Waals surface area (Å²) in [5.41, 5.74) is 0.937. The number of hydrogen-bond donors (Lipinski definition) is 1. The Bertz CT molecular complexity index is 1250. The lowest BCUT2D eigenvalue weighted by molar-refractivity contribution is -0.118. The molecule has 0 saturated heterocycles. The van der Waals surface area contributed by atoms with Gasteiger partial charge in [-0.25, -0.2) is 16.8 Å². The minimum absolute atomic E-state index is 0.0576. The van der Waals surface area contributed by atoms with E-state index in [2.05, 4.69) is 5.32 Å². The summed E-state index contributed by atoms with van der Waals surface area (Å²) in [6.45, 7) is 5.17. The SMILES string of the molecule is Cc1cc(N(S(=O)(=O)c2ccccc2)S(=O)(=O)c2ccccc2)ccc1NC(=O)C(C)C. The summed E-state index contributed by atoms with van der Waals surface area (Å²) in [5.74, 6) is -0.450. The van der Waals surface area contributed by atoms with Crippen molar-refractivity contribution in [2.45, 2.75) is 30.6 Å². The van der Waals surface area contributed by atoms with Crippen molar-refractivity contribution in [1.82, 2.24) is 0 Å². The number of carbonyl (C=O) groups excluding carboxylic acids is 1. The molecule has 0 aliphatic rings. The Morgan fingerprint density at radius 3 is 1.66 bits per heavy atom. The van der Waals surface area contributed by atoms with Crippen LogP contribution in [0.1, 0.15) is 19.4 Å². The molecular formula is C23H24N2O5S2. The van der Waals surface area contributed by atoms with E-state index >= 15 is 0 Å². The Morgan fingerprint density at radius 1 is 0.781 bits per heavy atom. The second-order valence-corrected chi connectivity index (χ2v) is 11.3. The first-order valence-electron chi connectivity index (χ1n) is 9.87. The van der Waals surface area contributed by atoms with Crippen LogP contribution in [-0.4, -0.2) is 22.7 Å². The van der Waals surface area contributed by atoms with Crippen LogP contribution in [0.25, 0.3) is 0 Å². The molecule has 0 aliphatic carbocycles. The fourth-order valence-corrected chi connectivity index (χ4v) is 6.68. The van der Waals surface area contributed by atoms with E-state index in [0.717, 1.165) is 0 Å². The van der Waals surface area contributed by atoms with Gasteiger partial charge in [-0.05, 0) is 55.0 Å². The van der Waals surface area contributed by atoms with Gasteiger partial charge in [-0.3, -0.25) is 4.79 Å². The maximum absolute atomic E-state index is 13.5. The highest BCUT2D eigenvalue weighted by atomic mass is 32.3. The average molecular weight is 473 g/mol. The molecule has 32 heavy (non-hydrogen) atoms. The maximum atomic E-state index is 13.5. The summed E-state index contributed by atoms with van der Waals surface area (Å²) in [6.07, 6.45) is 0. The third-order valence-electron chi connectivity index (χ3n) is 4.72. The lowest BCUT2D eigenvalue weighted by Gasteiger charge is -2.25. The molecule has 0 aliphatic heterocycles. The van der Waals surface area contributed by atoms with Gasteiger partial charge >= 0.3 is 0 Å². The molecule has 0 saturated carbocycles. The van der Waals surface area contributed by atoms with E-state index in [0.29, 0.717) is 15.0 Å². The molecular weight excluding hydrogens is 448 g/mol. The lowest BCUT2D eigenvalue weighted by Crippen LogP contribution is -2.37. The van der Waals surface area contributed by atoms with Crippen LogP contribution in [0.15, 0.2) is 88.7 Å². The van der Waals surface area contributed by atoms with Crippen LogP contribution >= 0.6 is 0 Å². The van der Waals surface area contributed by atoms with Crippen molar-refractivity contribution in [3.05, 3.63) is 84.4 Å². The zero-order valence-corrected chi connectivity index (χ0v) is 19.5. The summed E-state index contributed by atoms with van der Waals surface area (Å²) >= 11 is 0. The fourth-order valence-electron chi connectivity index (χ4n) is 2.96. The molecule has 0 fully saturated rings. The molecule has 7 nitrogen and oxygen atoms in total. The highest BCUT2D eigenvalue weighted by Gasteiger charge is 2.37. The van der Waals surface area contributed by atoms with Gasteiger partial charge in [0.1, 0.15) is 0 Å². The number of hydrogen-bond acceptors (Lipinski definition) is 5. The molecule has 168 valence electrons. The number of sulfonamides is 2. The first kappa shape index (κ1) is 23.5. The molecule has 0 atom stereocenters. The van der Waals surface area contributed by atoms with Gasteiger partial charge in [0, 0.05) is 11.6 Å². The normalized spacial score (nSPS) is 11.9. The zero-order chi connectivity index (χ0) is 23.5. The molecule has 9 heteroatoms. The van der Waals surface area contributed by atoms with Crippen molar-refractivity contribution in [3.8, 4) is 0 Å². The molecule has 0 aromatic heterocycles. The summed E-state index contributed by atoms with van der Waals surface area (Å²) in [6, 6.07) is 19.0. The van der Waals surface area contributed by atoms with Crippen molar-refractivity contribution in [2.24, 2.45) is 5.92 Å². The lowest BCUT2D eigenvalue weighted by atomic mass is 10.1. The minimum atomic E-state index is -4.47. The molecule has 0 heterocycles. The van der Waals surface area contributed by atoms with Gasteiger partial charge in [0.25, 0.3) is 20.0 Å². The maximum Gasteiger partial charge on any atom is 0.277 e. The van der Waals surface area contributed by atoms with Crippen LogP contribution < -0.4 is 9.03 Å². The number of nitrogens with one attached hydrogen (secondary N) is 1. The van der Waals surface area contributed by atoms with E-state index in [1.54, 1.807) is 32.9 Å². The Kier molecular flexibility index (Phi) is 6.71. The first-order chi connectivity index (χ1) is 15.0. The van der Waals surface area contributed by atoms with Gasteiger partial charge in [0.05, 0.1) is 15.5 Å². The van der Waals surface area contributed by atoms with Gasteiger partial charge in [0.2, 0.25) is 5.91 Å². The molecule has 0 unspecified atom stereocenters. The Labute approximate surface area is 188 Å². The van der Waals surface area contributed by atoms with Crippen molar-refractivity contribution in [3.63, 3.8) is 0 Å². The average Bonchev–Trinajstić information content (AvgIpc) is 2.76. The molecule has 1 N–H and O–H groups in total. The van der Waals surface area contributed by atoms with Crippen molar-refractivity contribution >= 4 is 37.3 Å². The number of carbonyl (C=O) groups is 1. The minimum Gasteiger partial charge on any atom is -0.326 e. The van der Waals surface area contributed by atoms with Gasteiger partial charge in [-0.2, -0.15) is 3.71 Å². The van der Waals surface area contributed by atoms with Crippen molar-refractivity contribution in [1.29, 1.82) is 0 Å². The predicted octanol–water partition coefficient (Wildman–Crippen LogP) is 4.17. The first-order valence-corrected chi connectivity index (χ1v) is 12.8. The summed E-state index contributed by atoms with van der Waals surface area (Å²) in [5, 5.41) is 2.76. The van der Waals surface area contributed by atoms with Crippen LogP contribution in [0.5, 0.6) is 0 Å². The molecule has 0 radical (unpaired) electrons. The molecule has 3 aromatic rings. The van der Waals surface area contributed by atoms with E-state index in [4.69, 9.17) is 0 Å². The van der Waals surface area contributed by atoms with Gasteiger partial charge in [-0.15, -0.1) is 0 Å². The third-order valence-corrected chi connectivity index (χ3v) is 8.93. The van der Waals surface area contributed by atoms with Gasteiger partial charge < -0.3 is 5.32 Å². The van der Waals surface area contributed by atoms with E-state index in [-0.39, 0.29) is 27.3 Å². The topological polar surface area (TPSA) is 101 Å². The molecule has 3 rings (SSSR count). The predicted molar refractivity (Wildman–Crippen MR) is 124 cm³/mol. The number of rotatable bonds is 7. The Hall–Kier alpha value is -3.17. The highest BCUT2D eigenvalue weighted by molar-refractivity contribution is 8.10. The number of nitrogens with zero attached hydrogens (tertiary/aromatic N) is 1. The van der Waals surface area contributed by atoms with Crippen LogP contribution in [0.4, 0.5) is 11.4 Å². The number of aryl methyl sites for hydroxylation is 1. The van der Waals surface area contributed by atoms with Crippen LogP contribution in [0.2, 0.25) is 0 Å². The molecule has 0 spiro atoms. The largest absolute Gasteiger partial charge is 0.326 e. The second-order valence-electron chi connectivity index (χ2n) is 7.48. The smallest absolute Gasteiger partial charge is 0.277 e. The molecule has 3 aromatic carbocycles. The number of anilines is 2. The summed E-state index contributed by atoms with van der Waals surface area (Å²) in [4.78, 5) is 11.7. The fraction of sp³-hybridized carbons (Fsp3) is 0.174. The van der Waals surface area contributed by atoms with E-state index < -0.39 is 20.0 Å². The molecule has 1 amide bonds. The standard InChI is InChI=1S/C23H24N2O5S2/c1-17(2)23(26)24-22-15-14-19(16-18(22)3)25(31(27,28)20-10-6-4-7-11-20)32(29,30)21-12-8-5-9-13-21/h4-17H,1-3H3,(H,24,26). The van der Waals surface area contributed by atoms with Crippen LogP contribution in [0, 0.1) is 12.8 Å². The van der Waals surface area contributed by atoms with Gasteiger partial charge in [-0.1, -0.05) is 50.2 Å². The number of benzene rings is 3. The van der Waals surface area contributed by atoms with Crippen LogP contribution in [0.3, 0.4) is 0 Å². The van der Waals surface area contributed by atoms with E-state index in [9.17, 15) is 21.6 Å². The third kappa shape index (κ3) is 4.68. The zero-order valence-electron chi connectivity index (χ0n) is 17.9. The monoisotopic (exact) mass is 472 g/mol. The van der Waals surface area contributed by atoms with Crippen molar-refractivity contribution < 1.29 is 21.6 Å².